The van der Waals surface area contributed by atoms with Gasteiger partial charge < -0.3 is 14.9 Å². The monoisotopic (exact) mass is 314 g/mol. The van der Waals surface area contributed by atoms with Crippen molar-refractivity contribution in [3.05, 3.63) is 59.7 Å². The molecule has 0 amide bonds. The Hall–Kier alpha value is -1.84. The van der Waals surface area contributed by atoms with Crippen LogP contribution in [0.15, 0.2) is 48.5 Å². The predicted molar refractivity (Wildman–Crippen MR) is 92.9 cm³/mol. The highest BCUT2D eigenvalue weighted by Gasteiger charge is 2.04. The minimum Gasteiger partial charge on any atom is -0.457 e. The average Bonchev–Trinajstić information content (AvgIpc) is 2.58. The zero-order chi connectivity index (χ0) is 16.7. The largest absolute Gasteiger partial charge is 0.457 e. The Bertz CT molecular complexity index is 521. The zero-order valence-electron chi connectivity index (χ0n) is 13.9. The molecule has 3 nitrogen and oxygen atoms in total. The fraction of sp³-hybridized carbons (Fsp3) is 0.400. The number of hydrogen-bond acceptors (Lipinski definition) is 3. The number of benzene rings is 2. The first-order valence-electron chi connectivity index (χ1n) is 8.18. The molecule has 0 aliphatic rings. The van der Waals surface area contributed by atoms with E-state index in [1.807, 2.05) is 62.4 Å². The minimum atomic E-state index is 0.208. The van der Waals surface area contributed by atoms with E-state index in [0.717, 1.165) is 24.3 Å². The fourth-order valence-corrected chi connectivity index (χ4v) is 2.46. The summed E-state index contributed by atoms with van der Waals surface area (Å²) in [6.45, 7) is 4.48. The number of aliphatic hydroxyl groups is 2. The van der Waals surface area contributed by atoms with Crippen molar-refractivity contribution in [1.82, 2.24) is 0 Å². The summed E-state index contributed by atoms with van der Waals surface area (Å²) >= 11 is 0. The van der Waals surface area contributed by atoms with Crippen LogP contribution < -0.4 is 4.74 Å². The topological polar surface area (TPSA) is 49.7 Å². The van der Waals surface area contributed by atoms with E-state index in [9.17, 15) is 0 Å². The number of ether oxygens (including phenoxy) is 1. The Morgan fingerprint density at radius 1 is 0.696 bits per heavy atom. The van der Waals surface area contributed by atoms with E-state index in [4.69, 9.17) is 14.9 Å². The maximum atomic E-state index is 9.10. The van der Waals surface area contributed by atoms with Gasteiger partial charge in [0.15, 0.2) is 0 Å². The molecule has 0 heterocycles. The van der Waals surface area contributed by atoms with Crippen molar-refractivity contribution in [3.8, 4) is 11.5 Å². The molecule has 124 valence electrons. The Balaban J connectivity index is 1.94. The zero-order valence-corrected chi connectivity index (χ0v) is 13.9. The molecule has 0 saturated heterocycles. The Morgan fingerprint density at radius 3 is 1.35 bits per heavy atom. The molecular formula is C20H26O3. The lowest BCUT2D eigenvalue weighted by Gasteiger charge is -2.11. The van der Waals surface area contributed by atoms with E-state index in [1.165, 1.54) is 11.1 Å². The van der Waals surface area contributed by atoms with Crippen molar-refractivity contribution in [2.24, 2.45) is 11.8 Å². The Morgan fingerprint density at radius 2 is 1.04 bits per heavy atom. The molecule has 2 rings (SSSR count). The first-order chi connectivity index (χ1) is 11.1. The van der Waals surface area contributed by atoms with Crippen LogP contribution in [-0.4, -0.2) is 23.4 Å². The molecule has 2 aromatic carbocycles. The predicted octanol–water partition coefficient (Wildman–Crippen LogP) is 3.82. The average molecular weight is 314 g/mol. The highest BCUT2D eigenvalue weighted by molar-refractivity contribution is 5.34. The first-order valence-corrected chi connectivity index (χ1v) is 8.18. The van der Waals surface area contributed by atoms with Gasteiger partial charge in [-0.2, -0.15) is 0 Å². The summed E-state index contributed by atoms with van der Waals surface area (Å²) in [6, 6.07) is 16.0. The lowest BCUT2D eigenvalue weighted by Crippen LogP contribution is -2.04. The second-order valence-corrected chi connectivity index (χ2v) is 6.37. The van der Waals surface area contributed by atoms with Gasteiger partial charge in [-0.1, -0.05) is 38.1 Å². The van der Waals surface area contributed by atoms with Crippen LogP contribution in [0.25, 0.3) is 0 Å². The van der Waals surface area contributed by atoms with Crippen LogP contribution in [0.2, 0.25) is 0 Å². The van der Waals surface area contributed by atoms with E-state index < -0.39 is 0 Å². The second kappa shape index (κ2) is 8.70. The molecule has 0 aromatic heterocycles. The van der Waals surface area contributed by atoms with Gasteiger partial charge in [0.2, 0.25) is 0 Å². The molecule has 2 N–H and O–H groups in total. The van der Waals surface area contributed by atoms with Gasteiger partial charge in [-0.05, 0) is 60.1 Å². The van der Waals surface area contributed by atoms with Crippen LogP contribution >= 0.6 is 0 Å². The SMILES string of the molecule is CC(CO)Cc1ccc(Oc2ccc(CC(C)CO)cc2)cc1. The van der Waals surface area contributed by atoms with Crippen molar-refractivity contribution >= 4 is 0 Å². The summed E-state index contributed by atoms with van der Waals surface area (Å²) in [4.78, 5) is 0. The summed E-state index contributed by atoms with van der Waals surface area (Å²) in [5.41, 5.74) is 2.40. The summed E-state index contributed by atoms with van der Waals surface area (Å²) in [6.07, 6.45) is 1.74. The molecule has 0 radical (unpaired) electrons. The van der Waals surface area contributed by atoms with Crippen molar-refractivity contribution in [2.45, 2.75) is 26.7 Å². The third kappa shape index (κ3) is 5.70. The Labute approximate surface area is 138 Å². The van der Waals surface area contributed by atoms with E-state index in [1.54, 1.807) is 0 Å². The third-order valence-corrected chi connectivity index (χ3v) is 3.87. The smallest absolute Gasteiger partial charge is 0.127 e. The van der Waals surface area contributed by atoms with Crippen LogP contribution in [0.3, 0.4) is 0 Å². The van der Waals surface area contributed by atoms with Gasteiger partial charge in [0.05, 0.1) is 0 Å². The second-order valence-electron chi connectivity index (χ2n) is 6.37. The highest BCUT2D eigenvalue weighted by Crippen LogP contribution is 2.23. The van der Waals surface area contributed by atoms with Crippen LogP contribution in [-0.2, 0) is 12.8 Å². The maximum absolute atomic E-state index is 9.10. The van der Waals surface area contributed by atoms with Crippen molar-refractivity contribution in [1.29, 1.82) is 0 Å². The number of hydrogen-bond donors (Lipinski definition) is 2. The molecule has 3 heteroatoms. The van der Waals surface area contributed by atoms with Gasteiger partial charge >= 0.3 is 0 Å². The molecule has 0 saturated carbocycles. The third-order valence-electron chi connectivity index (χ3n) is 3.87. The van der Waals surface area contributed by atoms with E-state index in [2.05, 4.69) is 0 Å². The standard InChI is InChI=1S/C20H26O3/c1-15(13-21)11-17-3-7-19(8-4-17)23-20-9-5-18(6-10-20)12-16(2)14-22/h3-10,15-16,21-22H,11-14H2,1-2H3. The van der Waals surface area contributed by atoms with E-state index in [0.29, 0.717) is 0 Å². The van der Waals surface area contributed by atoms with Crippen LogP contribution in [0.4, 0.5) is 0 Å². The summed E-state index contributed by atoms with van der Waals surface area (Å²) in [5, 5.41) is 18.2. The van der Waals surface area contributed by atoms with Gasteiger partial charge in [-0.25, -0.2) is 0 Å². The molecular weight excluding hydrogens is 288 g/mol. The van der Waals surface area contributed by atoms with Gasteiger partial charge in [-0.3, -0.25) is 0 Å². The summed E-state index contributed by atoms with van der Waals surface area (Å²) < 4.78 is 5.85. The van der Waals surface area contributed by atoms with Gasteiger partial charge in [0.25, 0.3) is 0 Å². The molecule has 2 unspecified atom stereocenters. The van der Waals surface area contributed by atoms with Gasteiger partial charge in [0, 0.05) is 13.2 Å². The van der Waals surface area contributed by atoms with E-state index >= 15 is 0 Å². The minimum absolute atomic E-state index is 0.208. The van der Waals surface area contributed by atoms with Crippen LogP contribution in [0.1, 0.15) is 25.0 Å². The lowest BCUT2D eigenvalue weighted by atomic mass is 10.0. The number of aliphatic hydroxyl groups excluding tert-OH is 2. The molecule has 0 spiro atoms. The summed E-state index contributed by atoms with van der Waals surface area (Å²) in [5.74, 6) is 2.16. The molecule has 2 aromatic rings. The molecule has 0 bridgehead atoms. The van der Waals surface area contributed by atoms with Crippen molar-refractivity contribution in [2.75, 3.05) is 13.2 Å². The van der Waals surface area contributed by atoms with Gasteiger partial charge in [-0.15, -0.1) is 0 Å². The summed E-state index contributed by atoms with van der Waals surface area (Å²) in [7, 11) is 0. The maximum Gasteiger partial charge on any atom is 0.127 e. The van der Waals surface area contributed by atoms with Crippen molar-refractivity contribution < 1.29 is 14.9 Å². The highest BCUT2D eigenvalue weighted by atomic mass is 16.5. The molecule has 2 atom stereocenters. The first kappa shape index (κ1) is 17.5. The number of rotatable bonds is 8. The molecule has 0 aliphatic heterocycles. The van der Waals surface area contributed by atoms with E-state index in [-0.39, 0.29) is 25.0 Å². The van der Waals surface area contributed by atoms with Crippen LogP contribution in [0, 0.1) is 11.8 Å². The molecule has 0 aliphatic carbocycles. The molecule has 23 heavy (non-hydrogen) atoms. The lowest BCUT2D eigenvalue weighted by molar-refractivity contribution is 0.237. The Kier molecular flexibility index (Phi) is 6.63. The quantitative estimate of drug-likeness (QED) is 0.779. The van der Waals surface area contributed by atoms with Crippen LogP contribution in [0.5, 0.6) is 11.5 Å². The van der Waals surface area contributed by atoms with Crippen molar-refractivity contribution in [3.63, 3.8) is 0 Å². The molecule has 0 fully saturated rings. The normalized spacial score (nSPS) is 13.6. The van der Waals surface area contributed by atoms with Gasteiger partial charge in [0.1, 0.15) is 11.5 Å². The fourth-order valence-electron chi connectivity index (χ4n) is 2.46.